The summed E-state index contributed by atoms with van der Waals surface area (Å²) in [6, 6.07) is 10.7. The van der Waals surface area contributed by atoms with E-state index in [2.05, 4.69) is 90.5 Å². The number of aromatic nitrogens is 4. The van der Waals surface area contributed by atoms with Crippen LogP contribution in [0, 0.1) is 3.57 Å². The Morgan fingerprint density at radius 3 is 1.17 bits per heavy atom. The van der Waals surface area contributed by atoms with Crippen LogP contribution in [0.25, 0.3) is 44.3 Å². The number of nitrogens with zero attached hydrogens (tertiary/aromatic N) is 4. The van der Waals surface area contributed by atoms with Gasteiger partial charge in [0.2, 0.25) is 0 Å². The average Bonchev–Trinajstić information content (AvgIpc) is 4.04. The number of hydrogen-bond acceptors (Lipinski definition) is 4. The van der Waals surface area contributed by atoms with Crippen LogP contribution in [0.15, 0.2) is 28.7 Å². The Morgan fingerprint density at radius 2 is 0.750 bits per heavy atom. The number of fused-ring (bicyclic) bond motifs is 10. The van der Waals surface area contributed by atoms with Gasteiger partial charge in [0.25, 0.3) is 0 Å². The van der Waals surface area contributed by atoms with Crippen LogP contribution in [0.3, 0.4) is 0 Å². The Balaban J connectivity index is 1.41. The summed E-state index contributed by atoms with van der Waals surface area (Å²) in [4.78, 5) is 0. The van der Waals surface area contributed by atoms with Gasteiger partial charge in [-0.25, -0.2) is 0 Å². The molecule has 0 saturated heterocycles. The molecule has 4 nitrogen and oxygen atoms in total. The van der Waals surface area contributed by atoms with E-state index in [4.69, 9.17) is 15.9 Å². The second-order valence-corrected chi connectivity index (χ2v) is 22.9. The van der Waals surface area contributed by atoms with Crippen molar-refractivity contribution in [3.8, 4) is 22.3 Å². The average molecular weight is 1120 g/mol. The van der Waals surface area contributed by atoms with E-state index in [-0.39, 0.29) is 40.8 Å². The van der Waals surface area contributed by atoms with Gasteiger partial charge in [0, 0.05) is 0 Å². The first-order valence-electron chi connectivity index (χ1n) is 24.6. The first-order valence-corrected chi connectivity index (χ1v) is 29.5. The molecule has 60 heavy (non-hydrogen) atoms. The van der Waals surface area contributed by atoms with Gasteiger partial charge in [0.1, 0.15) is 0 Å². The fourth-order valence-corrected chi connectivity index (χ4v) is 15.6. The summed E-state index contributed by atoms with van der Waals surface area (Å²) < 4.78 is 23.2. The van der Waals surface area contributed by atoms with E-state index in [9.17, 15) is 0 Å². The minimum atomic E-state index is -0.0970. The first-order chi connectivity index (χ1) is 29.5. The Morgan fingerprint density at radius 1 is 0.417 bits per heavy atom. The second-order valence-electron chi connectivity index (χ2n) is 18.7. The Hall–Kier alpha value is -0.891. The number of halogens is 2. The molecule has 0 unspecified atom stereocenters. The third kappa shape index (κ3) is 9.85. The SMILES string of the molecule is CCCCCCCCC1(CCCCCCCC)c2cc3c(cc2-c2c1cc(Br)c1n[se]nc21)C(CCCCCCCC)(CCCCCCCC)c1cc(I)c2n[se]nc2c1-3. The van der Waals surface area contributed by atoms with Gasteiger partial charge in [-0.1, -0.05) is 27.7 Å². The van der Waals surface area contributed by atoms with Crippen LogP contribution in [0.2, 0.25) is 0 Å². The fraction of sp³-hybridized carbons (Fsp3) is 0.654. The molecule has 0 amide bonds. The van der Waals surface area contributed by atoms with Crippen LogP contribution < -0.4 is 0 Å². The molecule has 2 aliphatic rings. The number of benzene rings is 3. The van der Waals surface area contributed by atoms with Crippen molar-refractivity contribution in [3.05, 3.63) is 54.6 Å². The summed E-state index contributed by atoms with van der Waals surface area (Å²) in [5.41, 5.74) is 16.7. The van der Waals surface area contributed by atoms with E-state index in [1.54, 1.807) is 22.3 Å². The summed E-state index contributed by atoms with van der Waals surface area (Å²) in [5, 5.41) is 0. The van der Waals surface area contributed by atoms with Gasteiger partial charge in [-0.3, -0.25) is 0 Å². The molecule has 0 spiro atoms. The predicted molar refractivity (Wildman–Crippen MR) is 271 cm³/mol. The van der Waals surface area contributed by atoms with Gasteiger partial charge >= 0.3 is 374 Å². The minimum absolute atomic E-state index is 0.0107. The molecule has 7 rings (SSSR count). The monoisotopic (exact) mass is 1120 g/mol. The van der Waals surface area contributed by atoms with Crippen LogP contribution in [0.1, 0.15) is 230 Å². The predicted octanol–water partition coefficient (Wildman–Crippen LogP) is 16.6. The summed E-state index contributed by atoms with van der Waals surface area (Å²) in [6.07, 6.45) is 36.7. The standard InChI is InChI=1S/C52H72BrIN4Se2/c1-5-9-13-17-21-25-29-51(30-26-22-18-14-10-6-2)39-34-38-40(33-37(39)45-41(51)35-43(53)47-49(45)57-59-55-47)52(31-27-23-19-15-11-7-3,32-28-24-20-16-12-8-4)42-36-44(54)48-50(46(38)42)58-60-56-48/h33-36H,5-32H2,1-4H3. The molecule has 0 N–H and O–H groups in total. The van der Waals surface area contributed by atoms with E-state index < -0.39 is 0 Å². The Bertz CT molecular complexity index is 1970. The number of hydrogen-bond donors (Lipinski definition) is 0. The molecule has 0 fully saturated rings. The van der Waals surface area contributed by atoms with E-state index >= 15 is 0 Å². The molecule has 2 aliphatic carbocycles. The summed E-state index contributed by atoms with van der Waals surface area (Å²) in [5.74, 6) is 0. The van der Waals surface area contributed by atoms with Crippen molar-refractivity contribution in [2.24, 2.45) is 0 Å². The van der Waals surface area contributed by atoms with Crippen molar-refractivity contribution < 1.29 is 0 Å². The topological polar surface area (TPSA) is 51.6 Å². The molecule has 2 heterocycles. The molecule has 0 aliphatic heterocycles. The van der Waals surface area contributed by atoms with Crippen LogP contribution in [0.5, 0.6) is 0 Å². The summed E-state index contributed by atoms with van der Waals surface area (Å²) in [6.45, 7) is 9.34. The van der Waals surface area contributed by atoms with Gasteiger partial charge in [0.15, 0.2) is 0 Å². The molecule has 3 aromatic carbocycles. The van der Waals surface area contributed by atoms with Crippen molar-refractivity contribution in [2.45, 2.75) is 218 Å². The normalized spacial score (nSPS) is 14.6. The third-order valence-corrected chi connectivity index (χ3v) is 18.2. The molecule has 0 bridgehead atoms. The van der Waals surface area contributed by atoms with Gasteiger partial charge in [-0.2, -0.15) is 0 Å². The summed E-state index contributed by atoms with van der Waals surface area (Å²) in [7, 11) is 0. The van der Waals surface area contributed by atoms with E-state index in [1.807, 2.05) is 0 Å². The molecule has 0 atom stereocenters. The van der Waals surface area contributed by atoms with Crippen molar-refractivity contribution in [1.82, 2.24) is 15.9 Å². The quantitative estimate of drug-likeness (QED) is 0.0285. The van der Waals surface area contributed by atoms with Crippen LogP contribution in [0.4, 0.5) is 0 Å². The molecule has 8 heteroatoms. The van der Waals surface area contributed by atoms with Crippen molar-refractivity contribution in [2.75, 3.05) is 0 Å². The van der Waals surface area contributed by atoms with E-state index in [0.717, 1.165) is 15.5 Å². The molecule has 0 radical (unpaired) electrons. The van der Waals surface area contributed by atoms with Crippen LogP contribution in [-0.2, 0) is 10.8 Å². The zero-order valence-corrected chi connectivity index (χ0v) is 44.6. The van der Waals surface area contributed by atoms with Gasteiger partial charge in [-0.15, -0.1) is 0 Å². The van der Waals surface area contributed by atoms with Crippen LogP contribution >= 0.6 is 38.5 Å². The molecular formula is C52H72BrIN4Se2. The van der Waals surface area contributed by atoms with Crippen LogP contribution in [-0.4, -0.2) is 45.8 Å². The Labute approximate surface area is 398 Å². The van der Waals surface area contributed by atoms with Crippen molar-refractivity contribution >= 4 is 90.5 Å². The second kappa shape index (κ2) is 22.8. The maximum atomic E-state index is 5.31. The van der Waals surface area contributed by atoms with E-state index in [1.165, 1.54) is 217 Å². The molecular weight excluding hydrogens is 1050 g/mol. The third-order valence-electron chi connectivity index (χ3n) is 14.6. The van der Waals surface area contributed by atoms with Crippen molar-refractivity contribution in [1.29, 1.82) is 0 Å². The number of unbranched alkanes of at least 4 members (excludes halogenated alkanes) is 20. The molecule has 2 aromatic heterocycles. The maximum absolute atomic E-state index is 5.31. The first kappa shape index (κ1) is 47.1. The van der Waals surface area contributed by atoms with Gasteiger partial charge in [0.05, 0.1) is 0 Å². The van der Waals surface area contributed by atoms with Gasteiger partial charge < -0.3 is 0 Å². The summed E-state index contributed by atoms with van der Waals surface area (Å²) >= 11 is 6.52. The van der Waals surface area contributed by atoms with Gasteiger partial charge in [-0.05, 0) is 0 Å². The molecule has 326 valence electrons. The fourth-order valence-electron chi connectivity index (χ4n) is 11.4. The van der Waals surface area contributed by atoms with E-state index in [0.29, 0.717) is 0 Å². The Kier molecular flexibility index (Phi) is 17.9. The van der Waals surface area contributed by atoms with Crippen molar-refractivity contribution in [3.63, 3.8) is 0 Å². The molecule has 0 saturated carbocycles. The number of rotatable bonds is 28. The zero-order chi connectivity index (χ0) is 42.0. The molecule has 5 aromatic rings. The zero-order valence-electron chi connectivity index (χ0n) is 37.5.